The lowest BCUT2D eigenvalue weighted by Crippen LogP contribution is -2.30. The standard InChI is InChI=1S/C8H9NO2/c1-2-3-6-4-7(8(10)11)9-5-6/h1,4,7,9H,3,5H2,(H,10,11)/t7-/m0/s1. The van der Waals surface area contributed by atoms with Crippen LogP contribution in [0.25, 0.3) is 0 Å². The summed E-state index contributed by atoms with van der Waals surface area (Å²) in [4.78, 5) is 10.4. The minimum absolute atomic E-state index is 0.538. The van der Waals surface area contributed by atoms with Crippen molar-refractivity contribution >= 4 is 5.97 Å². The van der Waals surface area contributed by atoms with Crippen LogP contribution in [-0.2, 0) is 4.79 Å². The lowest BCUT2D eigenvalue weighted by atomic mass is 10.2. The molecular weight excluding hydrogens is 142 g/mol. The number of terminal acetylenes is 1. The van der Waals surface area contributed by atoms with Gasteiger partial charge in [0.15, 0.2) is 0 Å². The fourth-order valence-corrected chi connectivity index (χ4v) is 1.01. The highest BCUT2D eigenvalue weighted by Gasteiger charge is 2.19. The van der Waals surface area contributed by atoms with Gasteiger partial charge in [-0.3, -0.25) is 10.1 Å². The van der Waals surface area contributed by atoms with Crippen molar-refractivity contribution in [3.8, 4) is 12.3 Å². The molecule has 3 heteroatoms. The minimum Gasteiger partial charge on any atom is -0.480 e. The highest BCUT2D eigenvalue weighted by Crippen LogP contribution is 2.08. The Kier molecular flexibility index (Phi) is 2.29. The molecule has 0 saturated heterocycles. The Morgan fingerprint density at radius 2 is 2.73 bits per heavy atom. The van der Waals surface area contributed by atoms with Crippen LogP contribution in [0.5, 0.6) is 0 Å². The topological polar surface area (TPSA) is 49.3 Å². The van der Waals surface area contributed by atoms with E-state index in [0.717, 1.165) is 5.57 Å². The number of hydrogen-bond donors (Lipinski definition) is 2. The number of carbonyl (C=O) groups is 1. The van der Waals surface area contributed by atoms with Gasteiger partial charge in [0.2, 0.25) is 0 Å². The predicted octanol–water partition coefficient (Wildman–Crippen LogP) is -0.00750. The van der Waals surface area contributed by atoms with E-state index in [0.29, 0.717) is 13.0 Å². The van der Waals surface area contributed by atoms with Crippen LogP contribution in [-0.4, -0.2) is 23.7 Å². The van der Waals surface area contributed by atoms with Crippen LogP contribution in [0, 0.1) is 12.3 Å². The number of hydrogen-bond acceptors (Lipinski definition) is 2. The second kappa shape index (κ2) is 3.22. The Morgan fingerprint density at radius 1 is 2.00 bits per heavy atom. The maximum absolute atomic E-state index is 10.4. The van der Waals surface area contributed by atoms with E-state index in [2.05, 4.69) is 11.2 Å². The molecule has 0 spiro atoms. The Morgan fingerprint density at radius 3 is 3.18 bits per heavy atom. The molecular formula is C8H9NO2. The van der Waals surface area contributed by atoms with Crippen molar-refractivity contribution in [2.24, 2.45) is 0 Å². The van der Waals surface area contributed by atoms with Gasteiger partial charge in [-0.1, -0.05) is 6.08 Å². The van der Waals surface area contributed by atoms with E-state index in [1.165, 1.54) is 0 Å². The van der Waals surface area contributed by atoms with E-state index in [-0.39, 0.29) is 0 Å². The Hall–Kier alpha value is -1.27. The summed E-state index contributed by atoms with van der Waals surface area (Å²) < 4.78 is 0. The van der Waals surface area contributed by atoms with E-state index >= 15 is 0 Å². The fourth-order valence-electron chi connectivity index (χ4n) is 1.01. The maximum atomic E-state index is 10.4. The molecule has 3 nitrogen and oxygen atoms in total. The molecule has 0 unspecified atom stereocenters. The first-order valence-electron chi connectivity index (χ1n) is 3.33. The molecule has 0 amide bonds. The summed E-state index contributed by atoms with van der Waals surface area (Å²) in [6.07, 6.45) is 7.27. The van der Waals surface area contributed by atoms with Gasteiger partial charge in [-0.15, -0.1) is 12.3 Å². The number of rotatable bonds is 2. The number of aliphatic carboxylic acids is 1. The van der Waals surface area contributed by atoms with E-state index in [1.807, 2.05) is 0 Å². The van der Waals surface area contributed by atoms with Gasteiger partial charge in [-0.2, -0.15) is 0 Å². The highest BCUT2D eigenvalue weighted by molar-refractivity contribution is 5.76. The second-order valence-electron chi connectivity index (χ2n) is 2.40. The smallest absolute Gasteiger partial charge is 0.324 e. The molecule has 58 valence electrons. The molecule has 0 bridgehead atoms. The van der Waals surface area contributed by atoms with Crippen molar-refractivity contribution in [2.75, 3.05) is 6.54 Å². The van der Waals surface area contributed by atoms with Crippen molar-refractivity contribution in [1.82, 2.24) is 5.32 Å². The lowest BCUT2D eigenvalue weighted by Gasteiger charge is -1.98. The second-order valence-corrected chi connectivity index (χ2v) is 2.40. The first-order chi connectivity index (χ1) is 5.24. The average Bonchev–Trinajstić information content (AvgIpc) is 2.37. The first kappa shape index (κ1) is 7.83. The molecule has 2 N–H and O–H groups in total. The SMILES string of the molecule is C#CCC1=C[C@@H](C(=O)O)NC1. The molecule has 0 aliphatic carbocycles. The summed E-state index contributed by atoms with van der Waals surface area (Å²) in [6, 6.07) is -0.543. The van der Waals surface area contributed by atoms with E-state index < -0.39 is 12.0 Å². The molecule has 0 aromatic heterocycles. The zero-order valence-corrected chi connectivity index (χ0v) is 6.00. The van der Waals surface area contributed by atoms with Crippen molar-refractivity contribution in [1.29, 1.82) is 0 Å². The van der Waals surface area contributed by atoms with Gasteiger partial charge in [-0.05, 0) is 5.57 Å². The van der Waals surface area contributed by atoms with Gasteiger partial charge >= 0.3 is 5.97 Å². The Labute approximate surface area is 65.1 Å². The minimum atomic E-state index is -0.850. The summed E-state index contributed by atoms with van der Waals surface area (Å²) in [5.41, 5.74) is 0.986. The summed E-state index contributed by atoms with van der Waals surface area (Å²) in [7, 11) is 0. The molecule has 1 atom stereocenters. The molecule has 1 aliphatic heterocycles. The van der Waals surface area contributed by atoms with E-state index in [1.54, 1.807) is 6.08 Å². The van der Waals surface area contributed by atoms with Crippen LogP contribution in [0.15, 0.2) is 11.6 Å². The van der Waals surface area contributed by atoms with Gasteiger partial charge in [0, 0.05) is 13.0 Å². The van der Waals surface area contributed by atoms with Crippen molar-refractivity contribution in [3.63, 3.8) is 0 Å². The number of carboxylic acids is 1. The normalized spacial score (nSPS) is 22.5. The van der Waals surface area contributed by atoms with E-state index in [4.69, 9.17) is 11.5 Å². The van der Waals surface area contributed by atoms with Crippen molar-refractivity contribution < 1.29 is 9.90 Å². The molecule has 0 radical (unpaired) electrons. The number of carboxylic acid groups (broad SMARTS) is 1. The van der Waals surface area contributed by atoms with Crippen LogP contribution >= 0.6 is 0 Å². The summed E-state index contributed by atoms with van der Waals surface area (Å²) in [6.45, 7) is 0.598. The Balaban J connectivity index is 2.55. The van der Waals surface area contributed by atoms with Gasteiger partial charge in [0.1, 0.15) is 6.04 Å². The molecule has 0 saturated carbocycles. The predicted molar refractivity (Wildman–Crippen MR) is 41.0 cm³/mol. The largest absolute Gasteiger partial charge is 0.480 e. The first-order valence-corrected chi connectivity index (χ1v) is 3.33. The zero-order chi connectivity index (χ0) is 8.27. The van der Waals surface area contributed by atoms with E-state index in [9.17, 15) is 4.79 Å². The van der Waals surface area contributed by atoms with Crippen LogP contribution in [0.1, 0.15) is 6.42 Å². The molecule has 0 fully saturated rings. The summed E-state index contributed by atoms with van der Waals surface area (Å²) in [5, 5.41) is 11.3. The summed E-state index contributed by atoms with van der Waals surface area (Å²) in [5.74, 6) is 1.62. The van der Waals surface area contributed by atoms with Gasteiger partial charge in [-0.25, -0.2) is 0 Å². The monoisotopic (exact) mass is 151 g/mol. The fraction of sp³-hybridized carbons (Fsp3) is 0.375. The third kappa shape index (κ3) is 1.82. The quantitative estimate of drug-likeness (QED) is 0.431. The molecule has 0 aromatic carbocycles. The highest BCUT2D eigenvalue weighted by atomic mass is 16.4. The maximum Gasteiger partial charge on any atom is 0.324 e. The third-order valence-corrected chi connectivity index (χ3v) is 1.55. The van der Waals surface area contributed by atoms with Crippen LogP contribution < -0.4 is 5.32 Å². The van der Waals surface area contributed by atoms with Crippen molar-refractivity contribution in [3.05, 3.63) is 11.6 Å². The van der Waals surface area contributed by atoms with Gasteiger partial charge < -0.3 is 5.11 Å². The molecule has 0 aromatic rings. The van der Waals surface area contributed by atoms with Crippen LogP contribution in [0.4, 0.5) is 0 Å². The molecule has 1 heterocycles. The van der Waals surface area contributed by atoms with Crippen molar-refractivity contribution in [2.45, 2.75) is 12.5 Å². The van der Waals surface area contributed by atoms with Crippen LogP contribution in [0.2, 0.25) is 0 Å². The van der Waals surface area contributed by atoms with Crippen LogP contribution in [0.3, 0.4) is 0 Å². The molecule has 1 rings (SSSR count). The van der Waals surface area contributed by atoms with Gasteiger partial charge in [0.25, 0.3) is 0 Å². The summed E-state index contributed by atoms with van der Waals surface area (Å²) >= 11 is 0. The average molecular weight is 151 g/mol. The number of nitrogens with one attached hydrogen (secondary N) is 1. The van der Waals surface area contributed by atoms with Gasteiger partial charge in [0.05, 0.1) is 0 Å². The molecule has 11 heavy (non-hydrogen) atoms. The lowest BCUT2D eigenvalue weighted by molar-refractivity contribution is -0.137. The Bertz CT molecular complexity index is 237. The zero-order valence-electron chi connectivity index (χ0n) is 6.00. The molecule has 1 aliphatic rings. The third-order valence-electron chi connectivity index (χ3n) is 1.55.